The van der Waals surface area contributed by atoms with Crippen molar-refractivity contribution in [2.75, 3.05) is 7.05 Å². The first-order chi connectivity index (χ1) is 9.02. The van der Waals surface area contributed by atoms with Crippen LogP contribution in [0.3, 0.4) is 0 Å². The highest BCUT2D eigenvalue weighted by atomic mass is 79.9. The Labute approximate surface area is 122 Å². The van der Waals surface area contributed by atoms with Crippen LogP contribution in [0, 0.1) is 19.7 Å². The van der Waals surface area contributed by atoms with Crippen molar-refractivity contribution in [3.8, 4) is 0 Å². The second-order valence-electron chi connectivity index (χ2n) is 4.73. The standard InChI is InChI=1S/C16H17BrFN/c1-10-4-5-12(8-11(10)2)16(19-3)14-7-6-13(18)9-15(14)17/h4-9,16,19H,1-3H3. The van der Waals surface area contributed by atoms with E-state index in [1.54, 1.807) is 0 Å². The molecule has 2 rings (SSSR count). The first kappa shape index (κ1) is 14.2. The topological polar surface area (TPSA) is 12.0 Å². The van der Waals surface area contributed by atoms with Crippen LogP contribution in [0.25, 0.3) is 0 Å². The van der Waals surface area contributed by atoms with Gasteiger partial charge in [-0.2, -0.15) is 0 Å². The maximum absolute atomic E-state index is 13.2. The van der Waals surface area contributed by atoms with Gasteiger partial charge >= 0.3 is 0 Å². The first-order valence-corrected chi connectivity index (χ1v) is 7.01. The van der Waals surface area contributed by atoms with E-state index in [4.69, 9.17) is 0 Å². The number of halogens is 2. The van der Waals surface area contributed by atoms with Gasteiger partial charge in [0.2, 0.25) is 0 Å². The lowest BCUT2D eigenvalue weighted by molar-refractivity contribution is 0.621. The molecule has 0 saturated carbocycles. The molecule has 100 valence electrons. The van der Waals surface area contributed by atoms with Crippen molar-refractivity contribution in [1.82, 2.24) is 5.32 Å². The van der Waals surface area contributed by atoms with E-state index >= 15 is 0 Å². The van der Waals surface area contributed by atoms with Gasteiger partial charge in [0.1, 0.15) is 5.82 Å². The minimum atomic E-state index is -0.231. The van der Waals surface area contributed by atoms with Crippen LogP contribution in [0.5, 0.6) is 0 Å². The molecule has 0 aliphatic rings. The molecule has 1 unspecified atom stereocenters. The highest BCUT2D eigenvalue weighted by Gasteiger charge is 2.15. The van der Waals surface area contributed by atoms with Crippen molar-refractivity contribution in [2.24, 2.45) is 0 Å². The van der Waals surface area contributed by atoms with E-state index in [1.807, 2.05) is 13.1 Å². The summed E-state index contributed by atoms with van der Waals surface area (Å²) in [5.41, 5.74) is 4.75. The molecule has 1 nitrogen and oxygen atoms in total. The van der Waals surface area contributed by atoms with Crippen molar-refractivity contribution in [3.63, 3.8) is 0 Å². The van der Waals surface area contributed by atoms with Crippen LogP contribution in [0.4, 0.5) is 4.39 Å². The van der Waals surface area contributed by atoms with Crippen molar-refractivity contribution in [1.29, 1.82) is 0 Å². The average molecular weight is 322 g/mol. The second-order valence-corrected chi connectivity index (χ2v) is 5.59. The number of aryl methyl sites for hydroxylation is 2. The Bertz CT molecular complexity index is 595. The largest absolute Gasteiger partial charge is 0.309 e. The van der Waals surface area contributed by atoms with Crippen LogP contribution in [0.1, 0.15) is 28.3 Å². The molecule has 0 bridgehead atoms. The first-order valence-electron chi connectivity index (χ1n) is 6.22. The van der Waals surface area contributed by atoms with Crippen LogP contribution in [-0.2, 0) is 0 Å². The zero-order chi connectivity index (χ0) is 14.0. The van der Waals surface area contributed by atoms with Gasteiger partial charge in [-0.1, -0.05) is 40.2 Å². The molecule has 0 amide bonds. The lowest BCUT2D eigenvalue weighted by atomic mass is 9.96. The zero-order valence-corrected chi connectivity index (χ0v) is 12.9. The fourth-order valence-electron chi connectivity index (χ4n) is 2.18. The molecule has 19 heavy (non-hydrogen) atoms. The molecule has 0 aliphatic heterocycles. The van der Waals surface area contributed by atoms with Gasteiger partial charge in [0, 0.05) is 4.47 Å². The minimum Gasteiger partial charge on any atom is -0.309 e. The van der Waals surface area contributed by atoms with E-state index < -0.39 is 0 Å². The average Bonchev–Trinajstić information content (AvgIpc) is 2.37. The molecular formula is C16H17BrFN. The van der Waals surface area contributed by atoms with Crippen LogP contribution in [-0.4, -0.2) is 7.05 Å². The molecule has 0 aliphatic carbocycles. The van der Waals surface area contributed by atoms with Gasteiger partial charge in [0.25, 0.3) is 0 Å². The van der Waals surface area contributed by atoms with Gasteiger partial charge in [-0.15, -0.1) is 0 Å². The summed E-state index contributed by atoms with van der Waals surface area (Å²) < 4.78 is 14.0. The SMILES string of the molecule is CNC(c1ccc(C)c(C)c1)c1ccc(F)cc1Br. The summed E-state index contributed by atoms with van der Waals surface area (Å²) >= 11 is 3.44. The van der Waals surface area contributed by atoms with E-state index in [2.05, 4.69) is 53.3 Å². The smallest absolute Gasteiger partial charge is 0.124 e. The fraction of sp³-hybridized carbons (Fsp3) is 0.250. The Morgan fingerprint density at radius 3 is 2.37 bits per heavy atom. The van der Waals surface area contributed by atoms with E-state index in [0.29, 0.717) is 0 Å². The van der Waals surface area contributed by atoms with Crippen molar-refractivity contribution < 1.29 is 4.39 Å². The molecule has 2 aromatic rings. The van der Waals surface area contributed by atoms with Gasteiger partial charge in [0.05, 0.1) is 6.04 Å². The molecule has 1 atom stereocenters. The van der Waals surface area contributed by atoms with Crippen LogP contribution in [0.2, 0.25) is 0 Å². The number of benzene rings is 2. The molecule has 0 aromatic heterocycles. The molecule has 2 aromatic carbocycles. The lowest BCUT2D eigenvalue weighted by Crippen LogP contribution is -2.18. The molecule has 3 heteroatoms. The highest BCUT2D eigenvalue weighted by molar-refractivity contribution is 9.10. The number of rotatable bonds is 3. The van der Waals surface area contributed by atoms with E-state index in [1.165, 1.54) is 28.8 Å². The summed E-state index contributed by atoms with van der Waals surface area (Å²) in [5.74, 6) is -0.231. The Morgan fingerprint density at radius 1 is 1.05 bits per heavy atom. The molecule has 1 N–H and O–H groups in total. The predicted octanol–water partition coefficient (Wildman–Crippen LogP) is 4.51. The fourth-order valence-corrected chi connectivity index (χ4v) is 2.76. The summed E-state index contributed by atoms with van der Waals surface area (Å²) in [4.78, 5) is 0. The van der Waals surface area contributed by atoms with Crippen molar-refractivity contribution in [2.45, 2.75) is 19.9 Å². The quantitative estimate of drug-likeness (QED) is 0.876. The minimum absolute atomic E-state index is 0.0503. The van der Waals surface area contributed by atoms with E-state index in [-0.39, 0.29) is 11.9 Å². The van der Waals surface area contributed by atoms with Crippen LogP contribution < -0.4 is 5.32 Å². The Morgan fingerprint density at radius 2 is 1.79 bits per heavy atom. The van der Waals surface area contributed by atoms with E-state index in [9.17, 15) is 4.39 Å². The number of hydrogen-bond donors (Lipinski definition) is 1. The summed E-state index contributed by atoms with van der Waals surface area (Å²) in [6, 6.07) is 11.3. The Balaban J connectivity index is 2.46. The maximum Gasteiger partial charge on any atom is 0.124 e. The van der Waals surface area contributed by atoms with Gasteiger partial charge in [-0.05, 0) is 55.3 Å². The third-order valence-corrected chi connectivity index (χ3v) is 4.11. The van der Waals surface area contributed by atoms with Gasteiger partial charge in [-0.25, -0.2) is 4.39 Å². The van der Waals surface area contributed by atoms with Gasteiger partial charge in [-0.3, -0.25) is 0 Å². The van der Waals surface area contributed by atoms with Gasteiger partial charge < -0.3 is 5.32 Å². The van der Waals surface area contributed by atoms with Crippen molar-refractivity contribution >= 4 is 15.9 Å². The van der Waals surface area contributed by atoms with Crippen LogP contribution >= 0.6 is 15.9 Å². The van der Waals surface area contributed by atoms with Crippen molar-refractivity contribution in [3.05, 3.63) is 68.9 Å². The maximum atomic E-state index is 13.2. The normalized spacial score (nSPS) is 12.5. The Kier molecular flexibility index (Phi) is 4.38. The molecule has 0 spiro atoms. The highest BCUT2D eigenvalue weighted by Crippen LogP contribution is 2.29. The molecule has 0 heterocycles. The molecule has 0 fully saturated rings. The summed E-state index contributed by atoms with van der Waals surface area (Å²) in [6.45, 7) is 4.20. The zero-order valence-electron chi connectivity index (χ0n) is 11.3. The third-order valence-electron chi connectivity index (χ3n) is 3.43. The second kappa shape index (κ2) is 5.85. The third kappa shape index (κ3) is 3.04. The lowest BCUT2D eigenvalue weighted by Gasteiger charge is -2.20. The van der Waals surface area contributed by atoms with Gasteiger partial charge in [0.15, 0.2) is 0 Å². The van der Waals surface area contributed by atoms with Crippen LogP contribution in [0.15, 0.2) is 40.9 Å². The Hall–Kier alpha value is -1.19. The molecule has 0 saturated heterocycles. The monoisotopic (exact) mass is 321 g/mol. The summed E-state index contributed by atoms with van der Waals surface area (Å²) in [5, 5.41) is 3.29. The number of hydrogen-bond acceptors (Lipinski definition) is 1. The predicted molar refractivity (Wildman–Crippen MR) is 80.9 cm³/mol. The molecular weight excluding hydrogens is 305 g/mol. The van der Waals surface area contributed by atoms with E-state index in [0.717, 1.165) is 10.0 Å². The molecule has 0 radical (unpaired) electrons. The summed E-state index contributed by atoms with van der Waals surface area (Å²) in [7, 11) is 1.91. The summed E-state index contributed by atoms with van der Waals surface area (Å²) in [6.07, 6.45) is 0. The number of nitrogens with one attached hydrogen (secondary N) is 1.